The van der Waals surface area contributed by atoms with Gasteiger partial charge in [0.2, 0.25) is 0 Å². The molecule has 0 atom stereocenters. The Hall–Kier alpha value is -1.92. The molecule has 2 fully saturated rings. The number of halogens is 1. The van der Waals surface area contributed by atoms with Crippen LogP contribution >= 0.6 is 0 Å². The number of likely N-dealkylation sites (tertiary alicyclic amines) is 1. The maximum absolute atomic E-state index is 13.1. The molecule has 0 unspecified atom stereocenters. The fraction of sp³-hybridized carbons (Fsp3) is 0.571. The Morgan fingerprint density at radius 3 is 2.52 bits per heavy atom. The minimum absolute atomic E-state index is 0.161. The molecule has 2 saturated heterocycles. The summed E-state index contributed by atoms with van der Waals surface area (Å²) in [4.78, 5) is 7.56. The van der Waals surface area contributed by atoms with Gasteiger partial charge in [-0.2, -0.15) is 5.10 Å². The van der Waals surface area contributed by atoms with Gasteiger partial charge in [-0.25, -0.2) is 4.39 Å². The number of aryl methyl sites for hydroxylation is 2. The van der Waals surface area contributed by atoms with Crippen molar-refractivity contribution in [1.29, 1.82) is 0 Å². The first-order chi connectivity index (χ1) is 13.2. The molecule has 1 aromatic heterocycles. The van der Waals surface area contributed by atoms with Gasteiger partial charge in [0.25, 0.3) is 0 Å². The third-order valence-electron chi connectivity index (χ3n) is 6.53. The van der Waals surface area contributed by atoms with Gasteiger partial charge in [0.05, 0.1) is 11.4 Å². The number of nitrogens with zero attached hydrogens (tertiary/aromatic N) is 5. The van der Waals surface area contributed by atoms with E-state index in [0.29, 0.717) is 6.04 Å². The number of anilines is 1. The number of aromatic nitrogens is 2. The number of rotatable bonds is 4. The second kappa shape index (κ2) is 6.91. The van der Waals surface area contributed by atoms with Crippen molar-refractivity contribution in [1.82, 2.24) is 19.6 Å². The van der Waals surface area contributed by atoms with Crippen molar-refractivity contribution in [2.75, 3.05) is 44.2 Å². The lowest BCUT2D eigenvalue weighted by Gasteiger charge is -2.48. The van der Waals surface area contributed by atoms with Gasteiger partial charge in [0.1, 0.15) is 5.82 Å². The molecule has 0 spiro atoms. The summed E-state index contributed by atoms with van der Waals surface area (Å²) in [7, 11) is 2.10. The Kier molecular flexibility index (Phi) is 4.40. The molecule has 0 amide bonds. The molecule has 1 aliphatic carbocycles. The number of hydrogen-bond acceptors (Lipinski definition) is 4. The van der Waals surface area contributed by atoms with Gasteiger partial charge >= 0.3 is 0 Å². The molecule has 2 aliphatic heterocycles. The number of fused-ring (bicyclic) bond motifs is 1. The van der Waals surface area contributed by atoms with Crippen LogP contribution in [0.25, 0.3) is 0 Å². The van der Waals surface area contributed by atoms with E-state index in [1.807, 2.05) is 12.1 Å². The second-order valence-electron chi connectivity index (χ2n) is 8.20. The van der Waals surface area contributed by atoms with Crippen LogP contribution in [-0.4, -0.2) is 64.9 Å². The second-order valence-corrected chi connectivity index (χ2v) is 8.20. The fourth-order valence-corrected chi connectivity index (χ4v) is 4.90. The predicted octanol–water partition coefficient (Wildman–Crippen LogP) is 2.05. The molecule has 0 bridgehead atoms. The van der Waals surface area contributed by atoms with Crippen molar-refractivity contribution >= 4 is 5.69 Å². The molecule has 0 saturated carbocycles. The zero-order valence-electron chi connectivity index (χ0n) is 16.1. The van der Waals surface area contributed by atoms with E-state index >= 15 is 0 Å². The molecule has 0 N–H and O–H groups in total. The molecule has 3 heterocycles. The molecule has 5 rings (SSSR count). The molecule has 144 valence electrons. The van der Waals surface area contributed by atoms with Crippen LogP contribution in [-0.2, 0) is 26.4 Å². The lowest BCUT2D eigenvalue weighted by Crippen LogP contribution is -2.62. The highest BCUT2D eigenvalue weighted by Gasteiger charge is 2.34. The minimum atomic E-state index is -0.161. The number of benzene rings is 1. The lowest BCUT2D eigenvalue weighted by atomic mass is 10.0. The molecule has 0 radical (unpaired) electrons. The van der Waals surface area contributed by atoms with E-state index in [9.17, 15) is 4.39 Å². The SMILES string of the molecule is Cn1nc2c(c1CN1CC(N3CCN(c4ccc(F)cc4)CC3)C1)CCC2. The van der Waals surface area contributed by atoms with E-state index in [1.165, 1.54) is 29.8 Å². The van der Waals surface area contributed by atoms with Gasteiger partial charge in [-0.1, -0.05) is 0 Å². The lowest BCUT2D eigenvalue weighted by molar-refractivity contribution is 0.0240. The highest BCUT2D eigenvalue weighted by atomic mass is 19.1. The Balaban J connectivity index is 1.12. The Bertz CT molecular complexity index is 801. The number of hydrogen-bond donors (Lipinski definition) is 0. The summed E-state index contributed by atoms with van der Waals surface area (Å²) in [5.41, 5.74) is 5.42. The average molecular weight is 369 g/mol. The maximum Gasteiger partial charge on any atom is 0.123 e. The van der Waals surface area contributed by atoms with Crippen molar-refractivity contribution in [3.05, 3.63) is 47.0 Å². The summed E-state index contributed by atoms with van der Waals surface area (Å²) in [5.74, 6) is -0.161. The zero-order valence-corrected chi connectivity index (χ0v) is 16.1. The summed E-state index contributed by atoms with van der Waals surface area (Å²) in [6.07, 6.45) is 3.64. The normalized spacial score (nSPS) is 21.5. The van der Waals surface area contributed by atoms with Crippen LogP contribution in [0.4, 0.5) is 10.1 Å². The van der Waals surface area contributed by atoms with Crippen LogP contribution in [0.2, 0.25) is 0 Å². The summed E-state index contributed by atoms with van der Waals surface area (Å²) >= 11 is 0. The largest absolute Gasteiger partial charge is 0.369 e. The monoisotopic (exact) mass is 369 g/mol. The summed E-state index contributed by atoms with van der Waals surface area (Å²) in [5, 5.41) is 4.70. The number of piperazine rings is 1. The van der Waals surface area contributed by atoms with E-state index in [1.54, 1.807) is 12.1 Å². The van der Waals surface area contributed by atoms with Crippen molar-refractivity contribution in [3.8, 4) is 0 Å². The maximum atomic E-state index is 13.1. The van der Waals surface area contributed by atoms with E-state index in [2.05, 4.69) is 26.4 Å². The van der Waals surface area contributed by atoms with Crippen LogP contribution in [0.1, 0.15) is 23.4 Å². The van der Waals surface area contributed by atoms with Gasteiger partial charge in [0.15, 0.2) is 0 Å². The van der Waals surface area contributed by atoms with Crippen molar-refractivity contribution in [2.24, 2.45) is 7.05 Å². The van der Waals surface area contributed by atoms with Gasteiger partial charge in [0, 0.05) is 64.6 Å². The minimum Gasteiger partial charge on any atom is -0.369 e. The quantitative estimate of drug-likeness (QED) is 0.825. The molecule has 3 aliphatic rings. The third-order valence-corrected chi connectivity index (χ3v) is 6.53. The van der Waals surface area contributed by atoms with Crippen LogP contribution in [0.3, 0.4) is 0 Å². The Morgan fingerprint density at radius 2 is 1.78 bits per heavy atom. The van der Waals surface area contributed by atoms with Crippen molar-refractivity contribution in [2.45, 2.75) is 31.8 Å². The molecule has 5 nitrogen and oxygen atoms in total. The summed E-state index contributed by atoms with van der Waals surface area (Å²) < 4.78 is 15.2. The van der Waals surface area contributed by atoms with E-state index < -0.39 is 0 Å². The topological polar surface area (TPSA) is 27.5 Å². The van der Waals surface area contributed by atoms with Gasteiger partial charge < -0.3 is 4.90 Å². The first kappa shape index (κ1) is 17.2. The fourth-order valence-electron chi connectivity index (χ4n) is 4.90. The standard InChI is InChI=1S/C21H28FN5/c1-24-21(19-3-2-4-20(19)23-24)15-25-13-18(14-25)27-11-9-26(10-12-27)17-7-5-16(22)6-8-17/h5-8,18H,2-4,9-15H2,1H3. The van der Waals surface area contributed by atoms with Crippen molar-refractivity contribution < 1.29 is 4.39 Å². The van der Waals surface area contributed by atoms with Gasteiger partial charge in [-0.15, -0.1) is 0 Å². The first-order valence-electron chi connectivity index (χ1n) is 10.2. The molecule has 27 heavy (non-hydrogen) atoms. The summed E-state index contributed by atoms with van der Waals surface area (Å²) in [6.45, 7) is 7.61. The van der Waals surface area contributed by atoms with Crippen LogP contribution < -0.4 is 4.90 Å². The van der Waals surface area contributed by atoms with E-state index in [-0.39, 0.29) is 5.82 Å². The molecule has 1 aromatic carbocycles. The molecule has 6 heteroatoms. The predicted molar refractivity (Wildman–Crippen MR) is 104 cm³/mol. The first-order valence-corrected chi connectivity index (χ1v) is 10.2. The molecular weight excluding hydrogens is 341 g/mol. The van der Waals surface area contributed by atoms with Crippen LogP contribution in [0, 0.1) is 5.82 Å². The van der Waals surface area contributed by atoms with Gasteiger partial charge in [-0.05, 0) is 49.1 Å². The average Bonchev–Trinajstić information content (AvgIpc) is 3.20. The summed E-state index contributed by atoms with van der Waals surface area (Å²) in [6, 6.07) is 7.58. The van der Waals surface area contributed by atoms with Crippen LogP contribution in [0.5, 0.6) is 0 Å². The smallest absolute Gasteiger partial charge is 0.123 e. The zero-order chi connectivity index (χ0) is 18.4. The third kappa shape index (κ3) is 3.25. The Labute approximate surface area is 160 Å². The van der Waals surface area contributed by atoms with Crippen LogP contribution in [0.15, 0.2) is 24.3 Å². The molecule has 2 aromatic rings. The molecular formula is C21H28FN5. The highest BCUT2D eigenvalue weighted by Crippen LogP contribution is 2.27. The van der Waals surface area contributed by atoms with E-state index in [4.69, 9.17) is 5.10 Å². The Morgan fingerprint density at radius 1 is 1.04 bits per heavy atom. The highest BCUT2D eigenvalue weighted by molar-refractivity contribution is 5.46. The van der Waals surface area contributed by atoms with Gasteiger partial charge in [-0.3, -0.25) is 14.5 Å². The van der Waals surface area contributed by atoms with E-state index in [0.717, 1.165) is 57.9 Å². The van der Waals surface area contributed by atoms with Crippen molar-refractivity contribution in [3.63, 3.8) is 0 Å².